The number of isocyanates is 1. The summed E-state index contributed by atoms with van der Waals surface area (Å²) in [5, 5.41) is 0. The number of nitrogens with zero attached hydrogens (tertiary/aromatic N) is 1. The first-order valence-corrected chi connectivity index (χ1v) is 4.67. The van der Waals surface area contributed by atoms with E-state index in [0.29, 0.717) is 18.8 Å². The number of halogens is 1. The van der Waals surface area contributed by atoms with E-state index in [1.54, 1.807) is 19.1 Å². The first-order valence-electron chi connectivity index (χ1n) is 4.67. The first-order chi connectivity index (χ1) is 7.22. The third kappa shape index (κ3) is 4.38. The predicted octanol–water partition coefficient (Wildman–Crippen LogP) is 2.32. The molecule has 1 aromatic carbocycles. The molecule has 0 heterocycles. The van der Waals surface area contributed by atoms with E-state index < -0.39 is 0 Å². The van der Waals surface area contributed by atoms with Gasteiger partial charge in [-0.3, -0.25) is 0 Å². The van der Waals surface area contributed by atoms with Crippen LogP contribution in [0.2, 0.25) is 0 Å². The van der Waals surface area contributed by atoms with E-state index in [2.05, 4.69) is 4.99 Å². The van der Waals surface area contributed by atoms with Crippen molar-refractivity contribution in [1.82, 2.24) is 0 Å². The van der Waals surface area contributed by atoms with Gasteiger partial charge in [-0.1, -0.05) is 6.07 Å². The molecule has 1 aromatic rings. The third-order valence-electron chi connectivity index (χ3n) is 1.87. The van der Waals surface area contributed by atoms with Crippen LogP contribution in [0.15, 0.2) is 29.3 Å². The second-order valence-electron chi connectivity index (χ2n) is 3.16. The summed E-state index contributed by atoms with van der Waals surface area (Å²) >= 11 is 0. The Morgan fingerprint density at radius 3 is 3.07 bits per heavy atom. The summed E-state index contributed by atoms with van der Waals surface area (Å²) in [5.74, 6) is 0.156. The van der Waals surface area contributed by atoms with Crippen LogP contribution in [0, 0.1) is 5.82 Å². The molecule has 1 unspecified atom stereocenters. The Morgan fingerprint density at radius 1 is 1.60 bits per heavy atom. The van der Waals surface area contributed by atoms with Crippen LogP contribution in [0.5, 0.6) is 5.75 Å². The Balaban J connectivity index is 2.34. The van der Waals surface area contributed by atoms with E-state index in [-0.39, 0.29) is 11.9 Å². The normalized spacial score (nSPS) is 11.6. The lowest BCUT2D eigenvalue weighted by Gasteiger charge is -2.07. The fourth-order valence-corrected chi connectivity index (χ4v) is 1.06. The molecule has 0 saturated carbocycles. The van der Waals surface area contributed by atoms with Crippen molar-refractivity contribution in [2.45, 2.75) is 19.4 Å². The number of hydrogen-bond donors (Lipinski definition) is 0. The third-order valence-corrected chi connectivity index (χ3v) is 1.87. The lowest BCUT2D eigenvalue weighted by molar-refractivity contribution is 0.300. The molecule has 1 rings (SSSR count). The van der Waals surface area contributed by atoms with Crippen molar-refractivity contribution in [3.63, 3.8) is 0 Å². The van der Waals surface area contributed by atoms with Gasteiger partial charge < -0.3 is 4.74 Å². The zero-order valence-corrected chi connectivity index (χ0v) is 8.44. The number of hydrogen-bond acceptors (Lipinski definition) is 3. The summed E-state index contributed by atoms with van der Waals surface area (Å²) in [6, 6.07) is 5.81. The molecule has 0 saturated heterocycles. The molecule has 0 aliphatic heterocycles. The fraction of sp³-hybridized carbons (Fsp3) is 0.364. The van der Waals surface area contributed by atoms with Crippen molar-refractivity contribution in [2.24, 2.45) is 4.99 Å². The quantitative estimate of drug-likeness (QED) is 0.551. The van der Waals surface area contributed by atoms with Gasteiger partial charge in [0.05, 0.1) is 12.6 Å². The van der Waals surface area contributed by atoms with Crippen molar-refractivity contribution in [3.8, 4) is 5.75 Å². The van der Waals surface area contributed by atoms with Gasteiger partial charge in [-0.25, -0.2) is 14.2 Å². The van der Waals surface area contributed by atoms with Gasteiger partial charge >= 0.3 is 0 Å². The molecule has 0 radical (unpaired) electrons. The van der Waals surface area contributed by atoms with E-state index >= 15 is 0 Å². The van der Waals surface area contributed by atoms with Gasteiger partial charge in [0.2, 0.25) is 6.08 Å². The SMILES string of the molecule is CC(CCOc1cccc(F)c1)N=C=O. The smallest absolute Gasteiger partial charge is 0.235 e. The number of carbonyl (C=O) groups excluding carboxylic acids is 1. The van der Waals surface area contributed by atoms with Gasteiger partial charge in [-0.15, -0.1) is 0 Å². The molecule has 0 N–H and O–H groups in total. The van der Waals surface area contributed by atoms with E-state index in [1.807, 2.05) is 0 Å². The first kappa shape index (κ1) is 11.4. The number of ether oxygens (including phenoxy) is 1. The van der Waals surface area contributed by atoms with Gasteiger partial charge in [0, 0.05) is 12.5 Å². The fourth-order valence-electron chi connectivity index (χ4n) is 1.06. The van der Waals surface area contributed by atoms with Crippen LogP contribution in [0.4, 0.5) is 4.39 Å². The number of aliphatic imine (C=N–C) groups is 1. The summed E-state index contributed by atoms with van der Waals surface area (Å²) in [6.45, 7) is 2.19. The van der Waals surface area contributed by atoms with Crippen molar-refractivity contribution >= 4 is 6.08 Å². The molecule has 0 spiro atoms. The molecule has 1 atom stereocenters. The zero-order chi connectivity index (χ0) is 11.1. The zero-order valence-electron chi connectivity index (χ0n) is 8.44. The highest BCUT2D eigenvalue weighted by Crippen LogP contribution is 2.12. The molecule has 80 valence electrons. The summed E-state index contributed by atoms with van der Waals surface area (Å²) in [6.07, 6.45) is 2.09. The van der Waals surface area contributed by atoms with Crippen LogP contribution >= 0.6 is 0 Å². The average Bonchev–Trinajstić information content (AvgIpc) is 2.18. The Morgan fingerprint density at radius 2 is 2.40 bits per heavy atom. The second-order valence-corrected chi connectivity index (χ2v) is 3.16. The van der Waals surface area contributed by atoms with Crippen molar-refractivity contribution in [3.05, 3.63) is 30.1 Å². The highest BCUT2D eigenvalue weighted by atomic mass is 19.1. The van der Waals surface area contributed by atoms with Gasteiger partial charge in [0.1, 0.15) is 11.6 Å². The lowest BCUT2D eigenvalue weighted by atomic mass is 10.2. The van der Waals surface area contributed by atoms with Crippen LogP contribution in [-0.4, -0.2) is 18.7 Å². The van der Waals surface area contributed by atoms with Crippen molar-refractivity contribution in [2.75, 3.05) is 6.61 Å². The van der Waals surface area contributed by atoms with Crippen LogP contribution in [0.25, 0.3) is 0 Å². The van der Waals surface area contributed by atoms with E-state index in [1.165, 1.54) is 18.2 Å². The minimum absolute atomic E-state index is 0.115. The molecule has 4 heteroatoms. The molecule has 0 aliphatic rings. The molecular formula is C11H12FNO2. The standard InChI is InChI=1S/C11H12FNO2/c1-9(13-8-14)5-6-15-11-4-2-3-10(12)7-11/h2-4,7,9H,5-6H2,1H3. The van der Waals surface area contributed by atoms with Gasteiger partial charge in [-0.2, -0.15) is 0 Å². The highest BCUT2D eigenvalue weighted by molar-refractivity contribution is 5.33. The molecule has 15 heavy (non-hydrogen) atoms. The van der Waals surface area contributed by atoms with Crippen molar-refractivity contribution < 1.29 is 13.9 Å². The van der Waals surface area contributed by atoms with Crippen LogP contribution in [0.1, 0.15) is 13.3 Å². The van der Waals surface area contributed by atoms with Gasteiger partial charge in [0.25, 0.3) is 0 Å². The van der Waals surface area contributed by atoms with E-state index in [9.17, 15) is 9.18 Å². The molecule has 0 amide bonds. The van der Waals surface area contributed by atoms with Crippen LogP contribution in [-0.2, 0) is 4.79 Å². The Kier molecular flexibility index (Phi) is 4.51. The summed E-state index contributed by atoms with van der Waals surface area (Å²) in [5.41, 5.74) is 0. The monoisotopic (exact) mass is 209 g/mol. The minimum Gasteiger partial charge on any atom is -0.493 e. The predicted molar refractivity (Wildman–Crippen MR) is 54.1 cm³/mol. The summed E-state index contributed by atoms with van der Waals surface area (Å²) < 4.78 is 18.0. The van der Waals surface area contributed by atoms with E-state index in [4.69, 9.17) is 4.74 Å². The maximum absolute atomic E-state index is 12.7. The van der Waals surface area contributed by atoms with Gasteiger partial charge in [-0.05, 0) is 19.1 Å². The topological polar surface area (TPSA) is 38.7 Å². The molecule has 0 bridgehead atoms. The second kappa shape index (κ2) is 5.94. The largest absolute Gasteiger partial charge is 0.493 e. The maximum atomic E-state index is 12.7. The van der Waals surface area contributed by atoms with Crippen molar-refractivity contribution in [1.29, 1.82) is 0 Å². The molecule has 3 nitrogen and oxygen atoms in total. The molecule has 0 aromatic heterocycles. The van der Waals surface area contributed by atoms with Gasteiger partial charge in [0.15, 0.2) is 0 Å². The Bertz CT molecular complexity index is 361. The summed E-state index contributed by atoms with van der Waals surface area (Å²) in [7, 11) is 0. The lowest BCUT2D eigenvalue weighted by Crippen LogP contribution is -2.06. The molecule has 0 fully saturated rings. The highest BCUT2D eigenvalue weighted by Gasteiger charge is 2.00. The number of benzene rings is 1. The van der Waals surface area contributed by atoms with Crippen LogP contribution < -0.4 is 4.74 Å². The Hall–Kier alpha value is -1.67. The summed E-state index contributed by atoms with van der Waals surface area (Å²) in [4.78, 5) is 13.4. The number of rotatable bonds is 5. The molecule has 0 aliphatic carbocycles. The van der Waals surface area contributed by atoms with E-state index in [0.717, 1.165) is 0 Å². The minimum atomic E-state index is -0.327. The Labute approximate surface area is 87.6 Å². The maximum Gasteiger partial charge on any atom is 0.235 e. The van der Waals surface area contributed by atoms with Crippen LogP contribution in [0.3, 0.4) is 0 Å². The average molecular weight is 209 g/mol. The molecular weight excluding hydrogens is 197 g/mol.